The Morgan fingerprint density at radius 3 is 2.36 bits per heavy atom. The van der Waals surface area contributed by atoms with Crippen molar-refractivity contribution in [2.24, 2.45) is 5.92 Å². The number of carbonyl (C=O) groups is 1. The van der Waals surface area contributed by atoms with Crippen LogP contribution in [0.15, 0.2) is 23.1 Å². The Morgan fingerprint density at radius 2 is 1.84 bits per heavy atom. The molecule has 2 saturated heterocycles. The third kappa shape index (κ3) is 3.38. The van der Waals surface area contributed by atoms with Crippen molar-refractivity contribution in [2.45, 2.75) is 31.1 Å². The summed E-state index contributed by atoms with van der Waals surface area (Å²) in [5.74, 6) is -0.00668. The van der Waals surface area contributed by atoms with E-state index in [1.165, 1.54) is 16.4 Å². The van der Waals surface area contributed by atoms with Crippen molar-refractivity contribution in [3.8, 4) is 0 Å². The van der Waals surface area contributed by atoms with E-state index in [1.807, 2.05) is 4.90 Å². The van der Waals surface area contributed by atoms with Crippen LogP contribution in [0, 0.1) is 23.0 Å². The van der Waals surface area contributed by atoms with Crippen molar-refractivity contribution in [2.75, 3.05) is 26.2 Å². The Kier molecular flexibility index (Phi) is 4.79. The van der Waals surface area contributed by atoms with E-state index >= 15 is 0 Å². The van der Waals surface area contributed by atoms with E-state index in [1.54, 1.807) is 6.92 Å². The second-order valence-corrected chi connectivity index (χ2v) is 8.47. The van der Waals surface area contributed by atoms with Gasteiger partial charge in [-0.15, -0.1) is 0 Å². The van der Waals surface area contributed by atoms with Gasteiger partial charge in [0.1, 0.15) is 0 Å². The van der Waals surface area contributed by atoms with Crippen LogP contribution in [0.3, 0.4) is 0 Å². The first-order valence-electron chi connectivity index (χ1n) is 8.34. The molecular formula is C16H21N3O5S. The van der Waals surface area contributed by atoms with Gasteiger partial charge in [-0.05, 0) is 31.7 Å². The zero-order valence-electron chi connectivity index (χ0n) is 14.1. The van der Waals surface area contributed by atoms with Crippen molar-refractivity contribution >= 4 is 21.6 Å². The van der Waals surface area contributed by atoms with Crippen LogP contribution in [0.4, 0.5) is 5.69 Å². The number of hydrogen-bond donors (Lipinski definition) is 0. The normalized spacial score (nSPS) is 19.5. The second-order valence-electron chi connectivity index (χ2n) is 6.56. The first-order chi connectivity index (χ1) is 11.8. The number of rotatable bonds is 4. The highest BCUT2D eigenvalue weighted by atomic mass is 32.2. The molecule has 0 radical (unpaired) electrons. The number of likely N-dealkylation sites (tertiary alicyclic amines) is 1. The number of aryl methyl sites for hydroxylation is 1. The number of hydrogen-bond acceptors (Lipinski definition) is 5. The lowest BCUT2D eigenvalue weighted by Gasteiger charge is -2.37. The number of nitrogens with zero attached hydrogens (tertiary/aromatic N) is 3. The molecule has 0 spiro atoms. The molecule has 1 amide bonds. The van der Waals surface area contributed by atoms with Crippen LogP contribution in [0.2, 0.25) is 0 Å². The van der Waals surface area contributed by atoms with Crippen molar-refractivity contribution in [1.29, 1.82) is 0 Å². The summed E-state index contributed by atoms with van der Waals surface area (Å²) in [5, 5.41) is 10.9. The molecule has 0 aromatic heterocycles. The maximum absolute atomic E-state index is 12.9. The van der Waals surface area contributed by atoms with E-state index in [4.69, 9.17) is 0 Å². The molecule has 2 aliphatic heterocycles. The van der Waals surface area contributed by atoms with Crippen molar-refractivity contribution < 1.29 is 18.1 Å². The largest absolute Gasteiger partial charge is 0.342 e. The maximum atomic E-state index is 12.9. The zero-order chi connectivity index (χ0) is 18.2. The lowest BCUT2D eigenvalue weighted by atomic mass is 9.95. The van der Waals surface area contributed by atoms with Crippen LogP contribution in [-0.4, -0.2) is 54.6 Å². The number of amides is 1. The number of piperidine rings is 1. The van der Waals surface area contributed by atoms with Crippen molar-refractivity contribution in [3.63, 3.8) is 0 Å². The summed E-state index contributed by atoms with van der Waals surface area (Å²) in [7, 11) is -3.81. The number of carbonyl (C=O) groups excluding carboxylic acids is 1. The van der Waals surface area contributed by atoms with Gasteiger partial charge in [0.25, 0.3) is 5.69 Å². The van der Waals surface area contributed by atoms with E-state index in [0.29, 0.717) is 18.4 Å². The first-order valence-corrected chi connectivity index (χ1v) is 9.78. The maximum Gasteiger partial charge on any atom is 0.270 e. The van der Waals surface area contributed by atoms with Gasteiger partial charge < -0.3 is 4.90 Å². The molecule has 0 bridgehead atoms. The monoisotopic (exact) mass is 367 g/mol. The fourth-order valence-electron chi connectivity index (χ4n) is 3.26. The van der Waals surface area contributed by atoms with E-state index in [0.717, 1.165) is 25.6 Å². The van der Waals surface area contributed by atoms with E-state index in [2.05, 4.69) is 0 Å². The smallest absolute Gasteiger partial charge is 0.270 e. The molecule has 0 saturated carbocycles. The van der Waals surface area contributed by atoms with Gasteiger partial charge >= 0.3 is 0 Å². The zero-order valence-corrected chi connectivity index (χ0v) is 14.9. The number of sulfonamides is 1. The Balaban J connectivity index is 1.75. The van der Waals surface area contributed by atoms with E-state index in [9.17, 15) is 23.3 Å². The van der Waals surface area contributed by atoms with Crippen LogP contribution in [-0.2, 0) is 14.8 Å². The molecule has 0 N–H and O–H groups in total. The Morgan fingerprint density at radius 1 is 1.20 bits per heavy atom. The molecule has 2 fully saturated rings. The Hall–Kier alpha value is -2.00. The van der Waals surface area contributed by atoms with Crippen LogP contribution in [0.25, 0.3) is 0 Å². The minimum Gasteiger partial charge on any atom is -0.342 e. The number of nitro groups is 1. The molecule has 0 atom stereocenters. The molecule has 25 heavy (non-hydrogen) atoms. The summed E-state index contributed by atoms with van der Waals surface area (Å²) in [5.41, 5.74) is 0.233. The molecule has 1 aromatic carbocycles. The van der Waals surface area contributed by atoms with Crippen molar-refractivity contribution in [1.82, 2.24) is 9.21 Å². The summed E-state index contributed by atoms with van der Waals surface area (Å²) in [4.78, 5) is 24.4. The topological polar surface area (TPSA) is 101 Å². The van der Waals surface area contributed by atoms with Crippen molar-refractivity contribution in [3.05, 3.63) is 33.9 Å². The highest BCUT2D eigenvalue weighted by Crippen LogP contribution is 2.29. The van der Waals surface area contributed by atoms with Gasteiger partial charge in [-0.1, -0.05) is 6.07 Å². The number of benzene rings is 1. The lowest BCUT2D eigenvalue weighted by molar-refractivity contribution is -0.385. The summed E-state index contributed by atoms with van der Waals surface area (Å²) < 4.78 is 27.1. The van der Waals surface area contributed by atoms with Gasteiger partial charge in [0.15, 0.2) is 0 Å². The van der Waals surface area contributed by atoms with Gasteiger partial charge in [-0.3, -0.25) is 14.9 Å². The fourth-order valence-corrected chi connectivity index (χ4v) is 4.97. The minimum atomic E-state index is -3.81. The summed E-state index contributed by atoms with van der Waals surface area (Å²) in [6.07, 6.45) is 2.01. The second kappa shape index (κ2) is 6.72. The quantitative estimate of drug-likeness (QED) is 0.593. The Bertz CT molecular complexity index is 796. The summed E-state index contributed by atoms with van der Waals surface area (Å²) in [6, 6.07) is 3.86. The minimum absolute atomic E-state index is 0.0331. The lowest BCUT2D eigenvalue weighted by Crippen LogP contribution is -2.48. The molecule has 2 heterocycles. The molecule has 8 nitrogen and oxygen atoms in total. The molecule has 2 aliphatic rings. The third-order valence-corrected chi connectivity index (χ3v) is 7.01. The molecule has 136 valence electrons. The third-order valence-electron chi connectivity index (χ3n) is 4.97. The van der Waals surface area contributed by atoms with E-state index in [-0.39, 0.29) is 35.5 Å². The highest BCUT2D eigenvalue weighted by molar-refractivity contribution is 7.89. The number of non-ortho nitro benzene ring substituents is 1. The van der Waals surface area contributed by atoms with Crippen LogP contribution < -0.4 is 0 Å². The molecular weight excluding hydrogens is 346 g/mol. The fraction of sp³-hybridized carbons (Fsp3) is 0.562. The van der Waals surface area contributed by atoms with Gasteiger partial charge in [-0.25, -0.2) is 8.42 Å². The van der Waals surface area contributed by atoms with Gasteiger partial charge in [0, 0.05) is 44.2 Å². The molecule has 1 aromatic rings. The molecule has 0 aliphatic carbocycles. The van der Waals surface area contributed by atoms with Crippen LogP contribution in [0.1, 0.15) is 24.8 Å². The van der Waals surface area contributed by atoms with Gasteiger partial charge in [0.2, 0.25) is 15.9 Å². The standard InChI is InChI=1S/C16H21N3O5S/c1-12-3-4-14(19(21)22)11-15(12)25(23,24)18-9-5-13(6-10-18)16(20)17-7-2-8-17/h3-4,11,13H,2,5-10H2,1H3. The van der Waals surface area contributed by atoms with Gasteiger partial charge in [-0.2, -0.15) is 4.31 Å². The van der Waals surface area contributed by atoms with Crippen LogP contribution in [0.5, 0.6) is 0 Å². The average molecular weight is 367 g/mol. The van der Waals surface area contributed by atoms with Crippen LogP contribution >= 0.6 is 0 Å². The first kappa shape index (κ1) is 17.8. The summed E-state index contributed by atoms with van der Waals surface area (Å²) >= 11 is 0. The van der Waals surface area contributed by atoms with Gasteiger partial charge in [0.05, 0.1) is 9.82 Å². The molecule has 9 heteroatoms. The molecule has 0 unspecified atom stereocenters. The average Bonchev–Trinajstić information content (AvgIpc) is 2.53. The number of nitro benzene ring substituents is 1. The summed E-state index contributed by atoms with van der Waals surface area (Å²) in [6.45, 7) is 3.73. The predicted octanol–water partition coefficient (Wildman–Crippen LogP) is 1.54. The molecule has 3 rings (SSSR count). The highest BCUT2D eigenvalue weighted by Gasteiger charge is 2.35. The Labute approximate surface area is 146 Å². The SMILES string of the molecule is Cc1ccc([N+](=O)[O-])cc1S(=O)(=O)N1CCC(C(=O)N2CCC2)CC1. The van der Waals surface area contributed by atoms with E-state index < -0.39 is 14.9 Å². The predicted molar refractivity (Wildman–Crippen MR) is 90.5 cm³/mol.